The van der Waals surface area contributed by atoms with Crippen molar-refractivity contribution in [1.82, 2.24) is 14.9 Å². The maximum absolute atomic E-state index is 12.5. The SMILES string of the molecule is CN=C(NCc1ccco1)NCC1CCN(S(=O)(=O)c2cccs2)C1.I. The first kappa shape index (κ1) is 21.2. The quantitative estimate of drug-likeness (QED) is 0.354. The second-order valence-electron chi connectivity index (χ2n) is 5.84. The average molecular weight is 510 g/mol. The monoisotopic (exact) mass is 510 g/mol. The second-order valence-corrected chi connectivity index (χ2v) is 8.95. The standard InChI is InChI=1S/C16H22N4O3S2.HI/c1-17-16(19-11-14-4-2-8-23-14)18-10-13-6-7-20(12-13)25(21,22)15-5-3-9-24-15;/h2-5,8-9,13H,6-7,10-12H2,1H3,(H2,17,18,19);1H. The molecular formula is C16H23IN4O3S2. The highest BCUT2D eigenvalue weighted by Gasteiger charge is 2.33. The summed E-state index contributed by atoms with van der Waals surface area (Å²) >= 11 is 1.26. The van der Waals surface area contributed by atoms with Gasteiger partial charge in [0.05, 0.1) is 12.8 Å². The molecule has 2 aromatic rings. The molecule has 0 spiro atoms. The van der Waals surface area contributed by atoms with Crippen LogP contribution in [0, 0.1) is 5.92 Å². The van der Waals surface area contributed by atoms with Crippen LogP contribution in [0.25, 0.3) is 0 Å². The number of nitrogens with zero attached hydrogens (tertiary/aromatic N) is 2. The van der Waals surface area contributed by atoms with Crippen molar-refractivity contribution in [2.24, 2.45) is 10.9 Å². The van der Waals surface area contributed by atoms with Gasteiger partial charge in [0.2, 0.25) is 0 Å². The smallest absolute Gasteiger partial charge is 0.252 e. The normalized spacial score (nSPS) is 18.5. The summed E-state index contributed by atoms with van der Waals surface area (Å²) < 4.78 is 32.3. The van der Waals surface area contributed by atoms with E-state index in [2.05, 4.69) is 15.6 Å². The molecule has 1 saturated heterocycles. The summed E-state index contributed by atoms with van der Waals surface area (Å²) in [5.74, 6) is 1.77. The van der Waals surface area contributed by atoms with Crippen LogP contribution in [-0.2, 0) is 16.6 Å². The van der Waals surface area contributed by atoms with Crippen LogP contribution in [0.5, 0.6) is 0 Å². The molecule has 0 bridgehead atoms. The number of hydrogen-bond acceptors (Lipinski definition) is 5. The summed E-state index contributed by atoms with van der Waals surface area (Å²) in [6, 6.07) is 7.16. The zero-order chi connectivity index (χ0) is 17.7. The van der Waals surface area contributed by atoms with Gasteiger partial charge in [-0.05, 0) is 35.9 Å². The fraction of sp³-hybridized carbons (Fsp3) is 0.438. The van der Waals surface area contributed by atoms with Crippen LogP contribution in [0.1, 0.15) is 12.2 Å². The summed E-state index contributed by atoms with van der Waals surface area (Å²) in [5, 5.41) is 8.22. The van der Waals surface area contributed by atoms with E-state index in [9.17, 15) is 8.42 Å². The Morgan fingerprint density at radius 3 is 2.88 bits per heavy atom. The Labute approximate surface area is 174 Å². The minimum absolute atomic E-state index is 0. The maximum atomic E-state index is 12.5. The van der Waals surface area contributed by atoms with E-state index in [0.717, 1.165) is 12.2 Å². The van der Waals surface area contributed by atoms with E-state index < -0.39 is 10.0 Å². The highest BCUT2D eigenvalue weighted by Crippen LogP contribution is 2.26. The van der Waals surface area contributed by atoms with Crippen molar-refractivity contribution in [3.63, 3.8) is 0 Å². The molecule has 0 saturated carbocycles. The molecule has 144 valence electrons. The minimum Gasteiger partial charge on any atom is -0.467 e. The van der Waals surface area contributed by atoms with Crippen LogP contribution < -0.4 is 10.6 Å². The zero-order valence-electron chi connectivity index (χ0n) is 14.4. The Balaban J connectivity index is 0.00000243. The van der Waals surface area contributed by atoms with Crippen molar-refractivity contribution in [3.05, 3.63) is 41.7 Å². The lowest BCUT2D eigenvalue weighted by atomic mass is 10.1. The van der Waals surface area contributed by atoms with Crippen LogP contribution >= 0.6 is 35.3 Å². The molecule has 26 heavy (non-hydrogen) atoms. The Morgan fingerprint density at radius 1 is 1.38 bits per heavy atom. The molecule has 1 unspecified atom stereocenters. The Hall–Kier alpha value is -1.11. The van der Waals surface area contributed by atoms with Crippen molar-refractivity contribution in [1.29, 1.82) is 0 Å². The number of thiophene rings is 1. The van der Waals surface area contributed by atoms with E-state index in [4.69, 9.17) is 4.42 Å². The Bertz CT molecular complexity index is 792. The van der Waals surface area contributed by atoms with Gasteiger partial charge in [-0.3, -0.25) is 4.99 Å². The molecular weight excluding hydrogens is 487 g/mol. The lowest BCUT2D eigenvalue weighted by molar-refractivity contribution is 0.455. The van der Waals surface area contributed by atoms with Gasteiger partial charge in [0.25, 0.3) is 10.0 Å². The molecule has 0 radical (unpaired) electrons. The van der Waals surface area contributed by atoms with E-state index in [0.29, 0.717) is 36.3 Å². The van der Waals surface area contributed by atoms with Crippen LogP contribution in [0.4, 0.5) is 0 Å². The van der Waals surface area contributed by atoms with E-state index >= 15 is 0 Å². The molecule has 1 fully saturated rings. The highest BCUT2D eigenvalue weighted by molar-refractivity contribution is 14.0. The molecule has 3 rings (SSSR count). The molecule has 0 aromatic carbocycles. The number of furan rings is 1. The van der Waals surface area contributed by atoms with Gasteiger partial charge in [0.15, 0.2) is 5.96 Å². The molecule has 0 aliphatic carbocycles. The van der Waals surface area contributed by atoms with Crippen LogP contribution in [0.2, 0.25) is 0 Å². The van der Waals surface area contributed by atoms with Crippen molar-refractivity contribution in [3.8, 4) is 0 Å². The van der Waals surface area contributed by atoms with Gasteiger partial charge in [-0.1, -0.05) is 6.07 Å². The topological polar surface area (TPSA) is 86.9 Å². The van der Waals surface area contributed by atoms with E-state index in [1.54, 1.807) is 35.1 Å². The summed E-state index contributed by atoms with van der Waals surface area (Å²) in [6.45, 7) is 2.32. The van der Waals surface area contributed by atoms with Crippen LogP contribution in [0.3, 0.4) is 0 Å². The number of guanidine groups is 1. The molecule has 0 amide bonds. The van der Waals surface area contributed by atoms with Gasteiger partial charge in [-0.25, -0.2) is 8.42 Å². The average Bonchev–Trinajstić information content (AvgIpc) is 3.36. The number of halogens is 1. The first-order chi connectivity index (χ1) is 12.1. The third-order valence-corrected chi connectivity index (χ3v) is 7.37. The van der Waals surface area contributed by atoms with E-state index in [-0.39, 0.29) is 29.9 Å². The summed E-state index contributed by atoms with van der Waals surface area (Å²) in [4.78, 5) is 4.18. The lowest BCUT2D eigenvalue weighted by Gasteiger charge is -2.17. The largest absolute Gasteiger partial charge is 0.467 e. The molecule has 10 heteroatoms. The van der Waals surface area contributed by atoms with Gasteiger partial charge in [-0.2, -0.15) is 4.31 Å². The van der Waals surface area contributed by atoms with Gasteiger partial charge in [-0.15, -0.1) is 35.3 Å². The van der Waals surface area contributed by atoms with Crippen LogP contribution in [0.15, 0.2) is 49.5 Å². The van der Waals surface area contributed by atoms with Crippen molar-refractivity contribution >= 4 is 51.3 Å². The maximum Gasteiger partial charge on any atom is 0.252 e. The van der Waals surface area contributed by atoms with Crippen molar-refractivity contribution < 1.29 is 12.8 Å². The van der Waals surface area contributed by atoms with Gasteiger partial charge < -0.3 is 15.1 Å². The number of aliphatic imine (C=N–C) groups is 1. The molecule has 1 aliphatic heterocycles. The summed E-state index contributed by atoms with van der Waals surface area (Å²) in [7, 11) is -1.64. The molecule has 7 nitrogen and oxygen atoms in total. The predicted octanol–water partition coefficient (Wildman–Crippen LogP) is 2.33. The van der Waals surface area contributed by atoms with Crippen molar-refractivity contribution in [2.45, 2.75) is 17.2 Å². The fourth-order valence-electron chi connectivity index (χ4n) is 2.77. The van der Waals surface area contributed by atoms with E-state index in [1.807, 2.05) is 12.1 Å². The zero-order valence-corrected chi connectivity index (χ0v) is 18.4. The first-order valence-corrected chi connectivity index (χ1v) is 10.4. The molecule has 1 atom stereocenters. The van der Waals surface area contributed by atoms with Crippen LogP contribution in [-0.4, -0.2) is 45.4 Å². The lowest BCUT2D eigenvalue weighted by Crippen LogP contribution is -2.40. The predicted molar refractivity (Wildman–Crippen MR) is 114 cm³/mol. The molecule has 2 aromatic heterocycles. The third-order valence-electron chi connectivity index (χ3n) is 4.13. The minimum atomic E-state index is -3.35. The van der Waals surface area contributed by atoms with Gasteiger partial charge in [0.1, 0.15) is 9.97 Å². The Kier molecular flexibility index (Phi) is 7.92. The molecule has 2 N–H and O–H groups in total. The fourth-order valence-corrected chi connectivity index (χ4v) is 5.44. The van der Waals surface area contributed by atoms with Gasteiger partial charge in [0, 0.05) is 26.7 Å². The number of nitrogens with one attached hydrogen (secondary N) is 2. The molecule has 3 heterocycles. The van der Waals surface area contributed by atoms with Gasteiger partial charge >= 0.3 is 0 Å². The number of rotatable bonds is 6. The first-order valence-electron chi connectivity index (χ1n) is 8.10. The molecule has 1 aliphatic rings. The second kappa shape index (κ2) is 9.72. The van der Waals surface area contributed by atoms with Crippen molar-refractivity contribution in [2.75, 3.05) is 26.7 Å². The highest BCUT2D eigenvalue weighted by atomic mass is 127. The number of sulfonamides is 1. The van der Waals surface area contributed by atoms with E-state index in [1.165, 1.54) is 11.3 Å². The summed E-state index contributed by atoms with van der Waals surface area (Å²) in [6.07, 6.45) is 2.47. The Morgan fingerprint density at radius 2 is 2.23 bits per heavy atom. The third kappa shape index (κ3) is 5.21. The number of hydrogen-bond donors (Lipinski definition) is 2. The summed E-state index contributed by atoms with van der Waals surface area (Å²) in [5.41, 5.74) is 0.